The lowest BCUT2D eigenvalue weighted by atomic mass is 10.2. The Hall–Kier alpha value is -3.27. The molecular formula is C16H15N5O2. The minimum atomic E-state index is -0.550. The summed E-state index contributed by atoms with van der Waals surface area (Å²) in [6.07, 6.45) is 0. The van der Waals surface area contributed by atoms with Gasteiger partial charge in [0, 0.05) is 24.4 Å². The second-order valence-electron chi connectivity index (χ2n) is 4.80. The fourth-order valence-corrected chi connectivity index (χ4v) is 2.00. The number of azo groups is 1. The van der Waals surface area contributed by atoms with Crippen molar-refractivity contribution in [2.75, 3.05) is 11.9 Å². The van der Waals surface area contributed by atoms with Crippen molar-refractivity contribution in [2.45, 2.75) is 13.8 Å². The number of benzene rings is 2. The van der Waals surface area contributed by atoms with Gasteiger partial charge >= 0.3 is 0 Å². The molecular weight excluding hydrogens is 294 g/mol. The number of non-ortho nitro benzene ring substituents is 1. The molecule has 0 spiro atoms. The Morgan fingerprint density at radius 1 is 1.22 bits per heavy atom. The second kappa shape index (κ2) is 7.13. The van der Waals surface area contributed by atoms with E-state index >= 15 is 0 Å². The molecule has 23 heavy (non-hydrogen) atoms. The number of hydrogen-bond donors (Lipinski definition) is 1. The lowest BCUT2D eigenvalue weighted by Gasteiger charge is -2.05. The maximum absolute atomic E-state index is 10.7. The van der Waals surface area contributed by atoms with Crippen molar-refractivity contribution in [1.82, 2.24) is 0 Å². The third kappa shape index (κ3) is 3.89. The Kier molecular flexibility index (Phi) is 5.00. The first kappa shape index (κ1) is 16.1. The average molecular weight is 309 g/mol. The highest BCUT2D eigenvalue weighted by atomic mass is 16.6. The van der Waals surface area contributed by atoms with Crippen molar-refractivity contribution < 1.29 is 4.92 Å². The van der Waals surface area contributed by atoms with Crippen molar-refractivity contribution >= 4 is 22.7 Å². The fourth-order valence-electron chi connectivity index (χ4n) is 2.00. The summed E-state index contributed by atoms with van der Waals surface area (Å²) in [5.41, 5.74) is 2.88. The molecule has 0 unspecified atom stereocenters. The van der Waals surface area contributed by atoms with Gasteiger partial charge in [-0.05, 0) is 43.7 Å². The third-order valence-corrected chi connectivity index (χ3v) is 3.15. The van der Waals surface area contributed by atoms with Gasteiger partial charge in [0.1, 0.15) is 11.8 Å². The lowest BCUT2D eigenvalue weighted by Crippen LogP contribution is -1.95. The molecule has 2 rings (SSSR count). The zero-order valence-electron chi connectivity index (χ0n) is 12.8. The molecule has 1 N–H and O–H groups in total. The summed E-state index contributed by atoms with van der Waals surface area (Å²) >= 11 is 0. The van der Waals surface area contributed by atoms with Crippen LogP contribution in [0.2, 0.25) is 0 Å². The zero-order valence-corrected chi connectivity index (χ0v) is 12.8. The number of nitrogens with zero attached hydrogens (tertiary/aromatic N) is 4. The van der Waals surface area contributed by atoms with E-state index in [0.29, 0.717) is 11.4 Å². The predicted molar refractivity (Wildman–Crippen MR) is 87.3 cm³/mol. The SMILES string of the molecule is CCNc1ccc(/N=N/c2ccc([N+](=O)[O-])cc2C#N)c(C)c1. The van der Waals surface area contributed by atoms with Crippen LogP contribution in [-0.2, 0) is 0 Å². The number of rotatable bonds is 5. The van der Waals surface area contributed by atoms with Crippen LogP contribution in [0.15, 0.2) is 46.6 Å². The average Bonchev–Trinajstić information content (AvgIpc) is 2.54. The van der Waals surface area contributed by atoms with Crippen LogP contribution in [0.5, 0.6) is 0 Å². The van der Waals surface area contributed by atoms with Gasteiger partial charge in [-0.1, -0.05) is 0 Å². The lowest BCUT2D eigenvalue weighted by molar-refractivity contribution is -0.384. The van der Waals surface area contributed by atoms with Crippen molar-refractivity contribution in [2.24, 2.45) is 10.2 Å². The minimum absolute atomic E-state index is 0.116. The number of nitrogens with one attached hydrogen (secondary N) is 1. The maximum Gasteiger partial charge on any atom is 0.270 e. The van der Waals surface area contributed by atoms with Crippen LogP contribution >= 0.6 is 0 Å². The van der Waals surface area contributed by atoms with E-state index in [4.69, 9.17) is 5.26 Å². The Morgan fingerprint density at radius 2 is 1.91 bits per heavy atom. The van der Waals surface area contributed by atoms with Crippen molar-refractivity contribution in [3.63, 3.8) is 0 Å². The number of anilines is 1. The number of hydrogen-bond acceptors (Lipinski definition) is 6. The molecule has 0 amide bonds. The molecule has 0 saturated carbocycles. The number of nitro groups is 1. The molecule has 2 aromatic carbocycles. The van der Waals surface area contributed by atoms with Gasteiger partial charge in [0.05, 0.1) is 16.2 Å². The van der Waals surface area contributed by atoms with Crippen LogP contribution in [0.1, 0.15) is 18.1 Å². The summed E-state index contributed by atoms with van der Waals surface area (Å²) in [7, 11) is 0. The summed E-state index contributed by atoms with van der Waals surface area (Å²) in [5.74, 6) is 0. The Bertz CT molecular complexity index is 809. The number of aryl methyl sites for hydroxylation is 1. The van der Waals surface area contributed by atoms with E-state index in [1.165, 1.54) is 18.2 Å². The summed E-state index contributed by atoms with van der Waals surface area (Å²) in [6.45, 7) is 4.76. The van der Waals surface area contributed by atoms with Crippen LogP contribution in [-0.4, -0.2) is 11.5 Å². The molecule has 0 atom stereocenters. The zero-order chi connectivity index (χ0) is 16.8. The normalized spacial score (nSPS) is 10.5. The minimum Gasteiger partial charge on any atom is -0.385 e. The third-order valence-electron chi connectivity index (χ3n) is 3.15. The molecule has 2 aromatic rings. The van der Waals surface area contributed by atoms with Crippen LogP contribution < -0.4 is 5.32 Å². The standard InChI is InChI=1S/C16H15N5O2/c1-3-18-13-4-6-15(11(2)8-13)19-20-16-7-5-14(21(22)23)9-12(16)10-17/h4-9,18H,3H2,1-2H3/b20-19+. The van der Waals surface area contributed by atoms with E-state index in [9.17, 15) is 10.1 Å². The second-order valence-corrected chi connectivity index (χ2v) is 4.80. The summed E-state index contributed by atoms with van der Waals surface area (Å²) < 4.78 is 0. The van der Waals surface area contributed by atoms with Gasteiger partial charge in [0.2, 0.25) is 0 Å². The van der Waals surface area contributed by atoms with Gasteiger partial charge in [0.25, 0.3) is 5.69 Å². The Balaban J connectivity index is 2.30. The molecule has 116 valence electrons. The Labute approximate surface area is 133 Å². The highest BCUT2D eigenvalue weighted by molar-refractivity contribution is 5.59. The van der Waals surface area contributed by atoms with Crippen molar-refractivity contribution in [1.29, 1.82) is 5.26 Å². The van der Waals surface area contributed by atoms with E-state index in [-0.39, 0.29) is 11.3 Å². The first-order valence-corrected chi connectivity index (χ1v) is 7.00. The molecule has 7 nitrogen and oxygen atoms in total. The molecule has 0 bridgehead atoms. The van der Waals surface area contributed by atoms with Gasteiger partial charge in [-0.2, -0.15) is 10.4 Å². The molecule has 7 heteroatoms. The highest BCUT2D eigenvalue weighted by Gasteiger charge is 2.10. The monoisotopic (exact) mass is 309 g/mol. The summed E-state index contributed by atoms with van der Waals surface area (Å²) in [6, 6.07) is 11.5. The molecule has 0 aliphatic heterocycles. The fraction of sp³-hybridized carbons (Fsp3) is 0.188. The number of nitro benzene ring substituents is 1. The van der Waals surface area contributed by atoms with Crippen molar-refractivity contribution in [3.05, 3.63) is 57.6 Å². The smallest absolute Gasteiger partial charge is 0.270 e. The highest BCUT2D eigenvalue weighted by Crippen LogP contribution is 2.28. The first-order valence-electron chi connectivity index (χ1n) is 7.00. The van der Waals surface area contributed by atoms with Crippen LogP contribution in [0, 0.1) is 28.4 Å². The molecule has 0 aliphatic carbocycles. The molecule has 0 fully saturated rings. The maximum atomic E-state index is 10.7. The van der Waals surface area contributed by atoms with Crippen LogP contribution in [0.4, 0.5) is 22.7 Å². The van der Waals surface area contributed by atoms with Gasteiger partial charge in [-0.15, -0.1) is 5.11 Å². The summed E-state index contributed by atoms with van der Waals surface area (Å²) in [4.78, 5) is 10.2. The van der Waals surface area contributed by atoms with Gasteiger partial charge in [-0.3, -0.25) is 10.1 Å². The van der Waals surface area contributed by atoms with Crippen LogP contribution in [0.3, 0.4) is 0 Å². The Morgan fingerprint density at radius 3 is 2.52 bits per heavy atom. The van der Waals surface area contributed by atoms with E-state index in [0.717, 1.165) is 17.8 Å². The van der Waals surface area contributed by atoms with Gasteiger partial charge in [-0.25, -0.2) is 0 Å². The molecule has 0 aromatic heterocycles. The van der Waals surface area contributed by atoms with E-state index in [1.807, 2.05) is 38.1 Å². The molecule has 0 aliphatic rings. The van der Waals surface area contributed by atoms with Gasteiger partial charge in [0.15, 0.2) is 0 Å². The van der Waals surface area contributed by atoms with Crippen LogP contribution in [0.25, 0.3) is 0 Å². The van der Waals surface area contributed by atoms with Crippen molar-refractivity contribution in [3.8, 4) is 6.07 Å². The van der Waals surface area contributed by atoms with E-state index in [1.54, 1.807) is 0 Å². The van der Waals surface area contributed by atoms with E-state index < -0.39 is 4.92 Å². The summed E-state index contributed by atoms with van der Waals surface area (Å²) in [5, 5.41) is 31.2. The first-order chi connectivity index (χ1) is 11.0. The molecule has 0 saturated heterocycles. The molecule has 0 radical (unpaired) electrons. The van der Waals surface area contributed by atoms with Gasteiger partial charge < -0.3 is 5.32 Å². The molecule has 0 heterocycles. The van der Waals surface area contributed by atoms with E-state index in [2.05, 4.69) is 15.5 Å². The largest absolute Gasteiger partial charge is 0.385 e. The number of nitriles is 1. The quantitative estimate of drug-likeness (QED) is 0.494. The predicted octanol–water partition coefficient (Wildman–Crippen LogP) is 4.62. The topological polar surface area (TPSA) is 104 Å².